The number of ether oxygens (including phenoxy) is 1. The highest BCUT2D eigenvalue weighted by atomic mass is 16.7. The van der Waals surface area contributed by atoms with E-state index < -0.39 is 53.3 Å². The molecule has 4 amide bonds. The van der Waals surface area contributed by atoms with Gasteiger partial charge in [-0.1, -0.05) is 90.4 Å². The highest BCUT2D eigenvalue weighted by molar-refractivity contribution is 5.94. The number of hydrazine groups is 1. The molecule has 0 aromatic heterocycles. The highest BCUT2D eigenvalue weighted by Gasteiger charge is 2.36. The number of nitrogens with zero attached hydrogens (tertiary/aromatic N) is 3. The van der Waals surface area contributed by atoms with Crippen LogP contribution in [0.25, 0.3) is 0 Å². The van der Waals surface area contributed by atoms with E-state index in [1.165, 1.54) is 4.90 Å². The fourth-order valence-electron chi connectivity index (χ4n) is 5.15. The normalized spacial score (nSPS) is 11.2. The van der Waals surface area contributed by atoms with Gasteiger partial charge in [-0.15, -0.1) is 0 Å². The maximum Gasteiger partial charge on any atom is 0.325 e. The number of rotatable bonds is 17. The molecule has 254 valence electrons. The maximum atomic E-state index is 14.4. The van der Waals surface area contributed by atoms with Crippen molar-refractivity contribution in [2.24, 2.45) is 11.5 Å². The van der Waals surface area contributed by atoms with Crippen LogP contribution in [0.4, 0.5) is 4.79 Å². The van der Waals surface area contributed by atoms with Gasteiger partial charge >= 0.3 is 12.0 Å². The number of hydrogen-bond acceptors (Lipinski definition) is 8. The molecular formula is C33H40N8O7. The van der Waals surface area contributed by atoms with Gasteiger partial charge in [0, 0.05) is 19.6 Å². The lowest BCUT2D eigenvalue weighted by molar-refractivity contribution is -0.526. The Kier molecular flexibility index (Phi) is 13.9. The first-order chi connectivity index (χ1) is 23.0. The number of nitro groups is 1. The average Bonchev–Trinajstić information content (AvgIpc) is 3.05. The largest absolute Gasteiger partial charge is 0.465 e. The summed E-state index contributed by atoms with van der Waals surface area (Å²) in [5.74, 6) is -3.46. The summed E-state index contributed by atoms with van der Waals surface area (Å²) in [5.41, 5.74) is 15.6. The Morgan fingerprint density at radius 1 is 0.917 bits per heavy atom. The number of guanidine groups is 1. The molecule has 0 unspecified atom stereocenters. The lowest BCUT2D eigenvalue weighted by Gasteiger charge is -2.33. The number of primary amides is 2. The second kappa shape index (κ2) is 18.2. The molecule has 0 radical (unpaired) electrons. The monoisotopic (exact) mass is 660 g/mol. The van der Waals surface area contributed by atoms with Crippen molar-refractivity contribution in [3.63, 3.8) is 0 Å². The van der Waals surface area contributed by atoms with Crippen LogP contribution in [0.3, 0.4) is 0 Å². The number of urea groups is 1. The zero-order valence-electron chi connectivity index (χ0n) is 26.5. The predicted molar refractivity (Wildman–Crippen MR) is 176 cm³/mol. The fourth-order valence-corrected chi connectivity index (χ4v) is 5.15. The third-order valence-corrected chi connectivity index (χ3v) is 7.39. The summed E-state index contributed by atoms with van der Waals surface area (Å²) in [5, 5.41) is 21.1. The number of nitrogens with two attached hydrogens (primary N) is 2. The summed E-state index contributed by atoms with van der Waals surface area (Å²) in [6.07, 6.45) is 0.140. The Bertz CT molecular complexity index is 1520. The Labute approximate surface area is 277 Å². The van der Waals surface area contributed by atoms with Crippen LogP contribution in [0.15, 0.2) is 84.9 Å². The second-order valence-electron chi connectivity index (χ2n) is 10.8. The molecule has 0 aliphatic heterocycles. The van der Waals surface area contributed by atoms with Crippen LogP contribution in [0, 0.1) is 15.5 Å². The van der Waals surface area contributed by atoms with Crippen LogP contribution in [0.1, 0.15) is 47.9 Å². The van der Waals surface area contributed by atoms with Crippen LogP contribution in [-0.4, -0.2) is 70.3 Å². The number of amides is 4. The van der Waals surface area contributed by atoms with Crippen LogP contribution in [0.5, 0.6) is 0 Å². The van der Waals surface area contributed by atoms with Crippen molar-refractivity contribution in [1.29, 1.82) is 5.41 Å². The lowest BCUT2D eigenvalue weighted by Crippen LogP contribution is -2.52. The van der Waals surface area contributed by atoms with E-state index in [1.54, 1.807) is 79.7 Å². The summed E-state index contributed by atoms with van der Waals surface area (Å²) in [4.78, 5) is 64.7. The molecule has 7 N–H and O–H groups in total. The smallest absolute Gasteiger partial charge is 0.325 e. The third kappa shape index (κ3) is 11.1. The third-order valence-electron chi connectivity index (χ3n) is 7.39. The molecule has 1 atom stereocenters. The quantitative estimate of drug-likeness (QED) is 0.0469. The molecule has 0 heterocycles. The summed E-state index contributed by atoms with van der Waals surface area (Å²) >= 11 is 0. The van der Waals surface area contributed by atoms with Gasteiger partial charge in [0.15, 0.2) is 5.03 Å². The molecule has 0 saturated heterocycles. The van der Waals surface area contributed by atoms with Crippen molar-refractivity contribution >= 4 is 29.8 Å². The molecule has 0 saturated carbocycles. The average molecular weight is 661 g/mol. The number of hydrogen-bond donors (Lipinski definition) is 5. The summed E-state index contributed by atoms with van der Waals surface area (Å²) in [6.45, 7) is 1.50. The van der Waals surface area contributed by atoms with Crippen LogP contribution in [-0.2, 0) is 32.2 Å². The topological polar surface area (TPSA) is 227 Å². The zero-order chi connectivity index (χ0) is 35.1. The minimum Gasteiger partial charge on any atom is -0.465 e. The molecule has 48 heavy (non-hydrogen) atoms. The van der Waals surface area contributed by atoms with E-state index in [4.69, 9.17) is 21.6 Å². The van der Waals surface area contributed by atoms with Gasteiger partial charge in [-0.05, 0) is 42.0 Å². The fraction of sp³-hybridized carbons (Fsp3) is 0.303. The van der Waals surface area contributed by atoms with Gasteiger partial charge in [0.2, 0.25) is 11.8 Å². The molecule has 15 nitrogen and oxygen atoms in total. The van der Waals surface area contributed by atoms with E-state index in [2.05, 4.69) is 5.32 Å². The molecule has 15 heteroatoms. The standard InChI is InChI=1S/C33H40N8O7/c1-2-48-28(42)22-40(31(44)29(25-10-5-3-6-11-25)26-12-7-4-8-13-26)27(30(34)43)14-9-19-39(32(35)38-41(46)47)21-24-17-15-23(16-18-24)20-37-33(36)45/h3-8,10-13,15-18,27,29H,2,9,14,19-22H2,1H3,(H2,34,43)(H2,35,38)(H3,36,37,45)/t27-/m1/s1. The summed E-state index contributed by atoms with van der Waals surface area (Å²) in [6, 6.07) is 22.9. The van der Waals surface area contributed by atoms with E-state index in [9.17, 15) is 29.3 Å². The molecule has 3 aromatic rings. The lowest BCUT2D eigenvalue weighted by atomic mass is 9.89. The Morgan fingerprint density at radius 3 is 1.98 bits per heavy atom. The number of benzene rings is 3. The minimum atomic E-state index is -1.24. The van der Waals surface area contributed by atoms with Crippen molar-refractivity contribution < 1.29 is 28.9 Å². The molecule has 0 fully saturated rings. The summed E-state index contributed by atoms with van der Waals surface area (Å²) in [7, 11) is 0. The van der Waals surface area contributed by atoms with Crippen molar-refractivity contribution in [3.8, 4) is 0 Å². The first-order valence-corrected chi connectivity index (χ1v) is 15.2. The summed E-state index contributed by atoms with van der Waals surface area (Å²) < 4.78 is 5.14. The molecule has 0 aliphatic carbocycles. The Hall–Kier alpha value is -5.99. The van der Waals surface area contributed by atoms with Crippen LogP contribution in [0.2, 0.25) is 0 Å². The van der Waals surface area contributed by atoms with Crippen LogP contribution < -0.4 is 22.2 Å². The first-order valence-electron chi connectivity index (χ1n) is 15.2. The predicted octanol–water partition coefficient (Wildman–Crippen LogP) is 2.23. The van der Waals surface area contributed by atoms with Crippen molar-refractivity contribution in [1.82, 2.24) is 20.5 Å². The molecular weight excluding hydrogens is 620 g/mol. The van der Waals surface area contributed by atoms with Gasteiger partial charge < -0.3 is 31.3 Å². The van der Waals surface area contributed by atoms with E-state index >= 15 is 0 Å². The van der Waals surface area contributed by atoms with Gasteiger partial charge in [0.05, 0.1) is 12.5 Å². The first kappa shape index (κ1) is 36.5. The molecule has 3 rings (SSSR count). The number of carbonyl (C=O) groups is 4. The molecule has 0 bridgehead atoms. The van der Waals surface area contributed by atoms with E-state index in [1.807, 2.05) is 17.6 Å². The van der Waals surface area contributed by atoms with Gasteiger partial charge in [-0.3, -0.25) is 19.8 Å². The van der Waals surface area contributed by atoms with E-state index in [0.717, 1.165) is 10.5 Å². The SMILES string of the molecule is CCOC(=O)CN(C(=O)C(c1ccccc1)c1ccccc1)[C@H](CCCN(Cc1ccc(CNC(N)=O)cc1)C(=N)N[N+](=O)[O-])C(N)=O. The number of nitrogens with one attached hydrogen (secondary N) is 3. The second-order valence-corrected chi connectivity index (χ2v) is 10.8. The maximum absolute atomic E-state index is 14.4. The minimum absolute atomic E-state index is 0.0171. The van der Waals surface area contributed by atoms with Crippen molar-refractivity contribution in [2.75, 3.05) is 19.7 Å². The molecule has 0 aliphatic rings. The van der Waals surface area contributed by atoms with Crippen molar-refractivity contribution in [2.45, 2.75) is 44.8 Å². The van der Waals surface area contributed by atoms with Gasteiger partial charge in [-0.2, -0.15) is 0 Å². The number of esters is 1. The van der Waals surface area contributed by atoms with E-state index in [-0.39, 0.29) is 39.1 Å². The molecule has 3 aromatic carbocycles. The Balaban J connectivity index is 1.87. The number of carbonyl (C=O) groups excluding carboxylic acids is 4. The zero-order valence-corrected chi connectivity index (χ0v) is 26.5. The highest BCUT2D eigenvalue weighted by Crippen LogP contribution is 2.28. The van der Waals surface area contributed by atoms with Gasteiger partial charge in [0.25, 0.3) is 5.96 Å². The van der Waals surface area contributed by atoms with Gasteiger partial charge in [-0.25, -0.2) is 14.9 Å². The van der Waals surface area contributed by atoms with Gasteiger partial charge in [0.1, 0.15) is 12.6 Å². The molecule has 0 spiro atoms. The van der Waals surface area contributed by atoms with Crippen molar-refractivity contribution in [3.05, 3.63) is 117 Å². The van der Waals surface area contributed by atoms with E-state index in [0.29, 0.717) is 16.7 Å². The Morgan fingerprint density at radius 2 is 1.48 bits per heavy atom. The van der Waals surface area contributed by atoms with Crippen LogP contribution >= 0.6 is 0 Å².